The van der Waals surface area contributed by atoms with E-state index >= 15 is 0 Å². The maximum absolute atomic E-state index is 11.5. The van der Waals surface area contributed by atoms with Crippen molar-refractivity contribution < 1.29 is 4.74 Å². The van der Waals surface area contributed by atoms with Crippen LogP contribution in [0.3, 0.4) is 0 Å². The minimum absolute atomic E-state index is 0.0466. The van der Waals surface area contributed by atoms with Gasteiger partial charge in [-0.1, -0.05) is 24.6 Å². The molecule has 0 amide bonds. The average Bonchev–Trinajstić information content (AvgIpc) is 2.46. The number of hydrogen-bond acceptors (Lipinski definition) is 4. The molecule has 2 aromatic rings. The maximum atomic E-state index is 11.5. The molecule has 5 heteroatoms. The standard InChI is InChI=1S/C16H21N3O2/c1-4-14-18-15(9-16(20)19-14)17-12(3)10-21-13-7-5-11(2)6-8-13/h5-9,12H,4,10H2,1-3H3,(H2,17,18,19,20). The molecule has 0 aliphatic carbocycles. The zero-order chi connectivity index (χ0) is 15.2. The summed E-state index contributed by atoms with van der Waals surface area (Å²) >= 11 is 0. The number of nitrogens with one attached hydrogen (secondary N) is 2. The molecule has 2 rings (SSSR count). The van der Waals surface area contributed by atoms with Crippen LogP contribution in [0.2, 0.25) is 0 Å². The third kappa shape index (κ3) is 4.63. The van der Waals surface area contributed by atoms with Crippen LogP contribution in [0.1, 0.15) is 25.2 Å². The Morgan fingerprint density at radius 1 is 1.33 bits per heavy atom. The number of rotatable bonds is 6. The monoisotopic (exact) mass is 287 g/mol. The molecule has 21 heavy (non-hydrogen) atoms. The van der Waals surface area contributed by atoms with Gasteiger partial charge in [-0.25, -0.2) is 4.98 Å². The lowest BCUT2D eigenvalue weighted by molar-refractivity contribution is 0.303. The molecule has 0 fully saturated rings. The van der Waals surface area contributed by atoms with Gasteiger partial charge in [0.25, 0.3) is 5.56 Å². The van der Waals surface area contributed by atoms with Gasteiger partial charge in [0.2, 0.25) is 0 Å². The molecule has 2 N–H and O–H groups in total. The van der Waals surface area contributed by atoms with Crippen LogP contribution in [0, 0.1) is 6.92 Å². The molecule has 0 aliphatic heterocycles. The van der Waals surface area contributed by atoms with E-state index in [2.05, 4.69) is 15.3 Å². The summed E-state index contributed by atoms with van der Waals surface area (Å²) in [5.74, 6) is 2.09. The molecule has 1 heterocycles. The van der Waals surface area contributed by atoms with Crippen LogP contribution in [0.25, 0.3) is 0 Å². The number of H-pyrrole nitrogens is 1. The molecule has 1 aromatic carbocycles. The van der Waals surface area contributed by atoms with E-state index in [9.17, 15) is 4.79 Å². The van der Waals surface area contributed by atoms with Crippen molar-refractivity contribution in [3.8, 4) is 5.75 Å². The van der Waals surface area contributed by atoms with Gasteiger partial charge in [-0.15, -0.1) is 0 Å². The molecule has 0 spiro atoms. The summed E-state index contributed by atoms with van der Waals surface area (Å²) in [6.07, 6.45) is 0.693. The Morgan fingerprint density at radius 2 is 2.05 bits per heavy atom. The fourth-order valence-corrected chi connectivity index (χ4v) is 1.90. The minimum atomic E-state index is -0.143. The molecular formula is C16H21N3O2. The largest absolute Gasteiger partial charge is 0.491 e. The van der Waals surface area contributed by atoms with Crippen LogP contribution < -0.4 is 15.6 Å². The molecule has 1 unspecified atom stereocenters. The van der Waals surface area contributed by atoms with Crippen molar-refractivity contribution in [3.05, 3.63) is 52.1 Å². The van der Waals surface area contributed by atoms with E-state index in [-0.39, 0.29) is 11.6 Å². The lowest BCUT2D eigenvalue weighted by Gasteiger charge is -2.16. The first kappa shape index (κ1) is 15.1. The Balaban J connectivity index is 1.92. The highest BCUT2D eigenvalue weighted by Crippen LogP contribution is 2.12. The van der Waals surface area contributed by atoms with E-state index in [1.807, 2.05) is 45.0 Å². The van der Waals surface area contributed by atoms with E-state index in [0.717, 1.165) is 5.75 Å². The van der Waals surface area contributed by atoms with E-state index in [1.165, 1.54) is 11.6 Å². The maximum Gasteiger partial charge on any atom is 0.252 e. The van der Waals surface area contributed by atoms with Crippen molar-refractivity contribution in [2.45, 2.75) is 33.2 Å². The van der Waals surface area contributed by atoms with Crippen molar-refractivity contribution in [2.24, 2.45) is 0 Å². The van der Waals surface area contributed by atoms with Crippen LogP contribution in [-0.2, 0) is 6.42 Å². The number of aryl methyl sites for hydroxylation is 2. The summed E-state index contributed by atoms with van der Waals surface area (Å²) in [6, 6.07) is 9.43. The van der Waals surface area contributed by atoms with Crippen LogP contribution in [0.4, 0.5) is 5.82 Å². The van der Waals surface area contributed by atoms with E-state index in [4.69, 9.17) is 4.74 Å². The van der Waals surface area contributed by atoms with Gasteiger partial charge in [0.05, 0.1) is 6.04 Å². The van der Waals surface area contributed by atoms with Gasteiger partial charge in [-0.2, -0.15) is 0 Å². The first-order valence-corrected chi connectivity index (χ1v) is 7.13. The number of hydrogen-bond donors (Lipinski definition) is 2. The topological polar surface area (TPSA) is 67.0 Å². The molecule has 1 atom stereocenters. The Hall–Kier alpha value is -2.30. The van der Waals surface area contributed by atoms with Crippen LogP contribution in [-0.4, -0.2) is 22.6 Å². The third-order valence-electron chi connectivity index (χ3n) is 3.04. The fourth-order valence-electron chi connectivity index (χ4n) is 1.90. The normalized spacial score (nSPS) is 12.0. The number of nitrogens with zero attached hydrogens (tertiary/aromatic N) is 1. The minimum Gasteiger partial charge on any atom is -0.491 e. The molecule has 1 aromatic heterocycles. The van der Waals surface area contributed by atoms with Crippen molar-refractivity contribution in [2.75, 3.05) is 11.9 Å². The first-order chi connectivity index (χ1) is 10.1. The van der Waals surface area contributed by atoms with Gasteiger partial charge in [-0.05, 0) is 26.0 Å². The third-order valence-corrected chi connectivity index (χ3v) is 3.04. The van der Waals surface area contributed by atoms with Crippen molar-refractivity contribution in [3.63, 3.8) is 0 Å². The second-order valence-electron chi connectivity index (χ2n) is 5.10. The van der Waals surface area contributed by atoms with Crippen molar-refractivity contribution in [1.82, 2.24) is 9.97 Å². The second-order valence-corrected chi connectivity index (χ2v) is 5.10. The molecular weight excluding hydrogens is 266 g/mol. The van der Waals surface area contributed by atoms with Crippen LogP contribution >= 0.6 is 0 Å². The lowest BCUT2D eigenvalue weighted by Crippen LogP contribution is -2.25. The van der Waals surface area contributed by atoms with Gasteiger partial charge >= 0.3 is 0 Å². The summed E-state index contributed by atoms with van der Waals surface area (Å²) in [4.78, 5) is 18.5. The SMILES string of the molecule is CCc1nc(NC(C)COc2ccc(C)cc2)cc(=O)[nH]1. The van der Waals surface area contributed by atoms with E-state index in [0.29, 0.717) is 24.7 Å². The first-order valence-electron chi connectivity index (χ1n) is 7.13. The molecule has 112 valence electrons. The molecule has 0 aliphatic rings. The number of benzene rings is 1. The lowest BCUT2D eigenvalue weighted by atomic mass is 10.2. The number of ether oxygens (including phenoxy) is 1. The highest BCUT2D eigenvalue weighted by atomic mass is 16.5. The fraction of sp³-hybridized carbons (Fsp3) is 0.375. The number of aromatic amines is 1. The summed E-state index contributed by atoms with van der Waals surface area (Å²) < 4.78 is 5.71. The smallest absolute Gasteiger partial charge is 0.252 e. The van der Waals surface area contributed by atoms with Crippen molar-refractivity contribution in [1.29, 1.82) is 0 Å². The zero-order valence-electron chi connectivity index (χ0n) is 12.6. The second kappa shape index (κ2) is 6.92. The van der Waals surface area contributed by atoms with Gasteiger partial charge in [0.15, 0.2) is 0 Å². The molecule has 0 saturated carbocycles. The Bertz CT molecular complexity index is 635. The Kier molecular flexibility index (Phi) is 4.98. The average molecular weight is 287 g/mol. The predicted octanol–water partition coefficient (Wildman–Crippen LogP) is 2.52. The van der Waals surface area contributed by atoms with Gasteiger partial charge < -0.3 is 15.0 Å². The van der Waals surface area contributed by atoms with E-state index in [1.54, 1.807) is 0 Å². The molecule has 0 radical (unpaired) electrons. The summed E-state index contributed by atoms with van der Waals surface area (Å²) in [6.45, 7) is 6.48. The van der Waals surface area contributed by atoms with Gasteiger partial charge in [0.1, 0.15) is 24.0 Å². The van der Waals surface area contributed by atoms with Crippen LogP contribution in [0.5, 0.6) is 5.75 Å². The highest BCUT2D eigenvalue weighted by Gasteiger charge is 2.06. The predicted molar refractivity (Wildman–Crippen MR) is 84.0 cm³/mol. The summed E-state index contributed by atoms with van der Waals surface area (Å²) in [5, 5.41) is 3.18. The Morgan fingerprint density at radius 3 is 2.71 bits per heavy atom. The van der Waals surface area contributed by atoms with Gasteiger partial charge in [-0.3, -0.25) is 4.79 Å². The molecule has 5 nitrogen and oxygen atoms in total. The van der Waals surface area contributed by atoms with Crippen molar-refractivity contribution >= 4 is 5.82 Å². The number of aromatic nitrogens is 2. The zero-order valence-corrected chi connectivity index (χ0v) is 12.6. The Labute approximate surface area is 124 Å². The van der Waals surface area contributed by atoms with Gasteiger partial charge in [0, 0.05) is 12.5 Å². The molecule has 0 bridgehead atoms. The van der Waals surface area contributed by atoms with Crippen LogP contribution in [0.15, 0.2) is 35.1 Å². The highest BCUT2D eigenvalue weighted by molar-refractivity contribution is 5.34. The quantitative estimate of drug-likeness (QED) is 0.856. The summed E-state index contributed by atoms with van der Waals surface area (Å²) in [5.41, 5.74) is 1.06. The number of anilines is 1. The molecule has 0 saturated heterocycles. The summed E-state index contributed by atoms with van der Waals surface area (Å²) in [7, 11) is 0. The van der Waals surface area contributed by atoms with E-state index < -0.39 is 0 Å².